The molecule has 0 saturated carbocycles. The fraction of sp³-hybridized carbons (Fsp3) is 0.160. The van der Waals surface area contributed by atoms with Gasteiger partial charge in [-0.05, 0) is 36.8 Å². The highest BCUT2D eigenvalue weighted by Gasteiger charge is 2.27. The summed E-state index contributed by atoms with van der Waals surface area (Å²) in [6.07, 6.45) is 1.44. The van der Waals surface area contributed by atoms with Crippen molar-refractivity contribution < 1.29 is 23.5 Å². The van der Waals surface area contributed by atoms with Crippen molar-refractivity contribution in [3.05, 3.63) is 81.3 Å². The highest BCUT2D eigenvalue weighted by molar-refractivity contribution is 6.48. The maximum atomic E-state index is 14.7. The van der Waals surface area contributed by atoms with Crippen LogP contribution in [0, 0.1) is 12.7 Å². The number of nitrogens with one attached hydrogen (secondary N) is 1. The Morgan fingerprint density at radius 2 is 1.86 bits per heavy atom. The van der Waals surface area contributed by atoms with E-state index in [0.717, 1.165) is 0 Å². The fourth-order valence-corrected chi connectivity index (χ4v) is 4.31. The van der Waals surface area contributed by atoms with Crippen LogP contribution in [0.3, 0.4) is 0 Å². The number of carbonyl (C=O) groups excluding carboxylic acids is 2. The summed E-state index contributed by atoms with van der Waals surface area (Å²) in [5.41, 5.74) is 2.05. The summed E-state index contributed by atoms with van der Waals surface area (Å²) in [6, 6.07) is 10.7. The zero-order valence-corrected chi connectivity index (χ0v) is 20.5. The topological polar surface area (TPSA) is 82.5 Å². The molecule has 4 rings (SSSR count). The molecule has 0 spiro atoms. The van der Waals surface area contributed by atoms with Crippen molar-refractivity contribution in [2.75, 3.05) is 19.5 Å². The number of rotatable bonds is 7. The zero-order chi connectivity index (χ0) is 25.3. The average Bonchev–Trinajstić information content (AvgIpc) is 3.09. The monoisotopic (exact) mass is 515 g/mol. The molecule has 0 saturated heterocycles. The molecule has 35 heavy (non-hydrogen) atoms. The average molecular weight is 516 g/mol. The standard InChI is InChI=1S/C25H20Cl2FN3O4/c1-13-23(24(32)25(33)30-16-6-7-29-22(9-16)35-3)17-10-21(34-2)19(28)11-20(17)31(13)12-14-4-5-15(26)8-18(14)27/h4-11H,12H2,1-3H3,(H,29,30,33). The van der Waals surface area contributed by atoms with Crippen molar-refractivity contribution in [1.82, 2.24) is 9.55 Å². The van der Waals surface area contributed by atoms with Gasteiger partial charge in [0.1, 0.15) is 0 Å². The van der Waals surface area contributed by atoms with Crippen molar-refractivity contribution in [1.29, 1.82) is 0 Å². The van der Waals surface area contributed by atoms with Crippen molar-refractivity contribution in [3.63, 3.8) is 0 Å². The minimum absolute atomic E-state index is 0.0486. The van der Waals surface area contributed by atoms with Gasteiger partial charge in [0, 0.05) is 51.7 Å². The number of amides is 1. The van der Waals surface area contributed by atoms with Gasteiger partial charge in [0.05, 0.1) is 25.3 Å². The minimum Gasteiger partial charge on any atom is -0.494 e. The number of carbonyl (C=O) groups is 2. The van der Waals surface area contributed by atoms with Gasteiger partial charge >= 0.3 is 0 Å². The Morgan fingerprint density at radius 3 is 2.54 bits per heavy atom. The Bertz CT molecular complexity index is 1470. The predicted octanol–water partition coefficient (Wildman–Crippen LogP) is 5.68. The Labute approximate surface area is 210 Å². The lowest BCUT2D eigenvalue weighted by molar-refractivity contribution is -0.112. The van der Waals surface area contributed by atoms with Crippen molar-refractivity contribution >= 4 is 51.5 Å². The van der Waals surface area contributed by atoms with Gasteiger partial charge in [0.2, 0.25) is 5.88 Å². The first kappa shape index (κ1) is 24.5. The number of Topliss-reactive ketones (excluding diaryl/α,β-unsaturated/α-hetero) is 1. The Balaban J connectivity index is 1.81. The number of fused-ring (bicyclic) bond motifs is 1. The van der Waals surface area contributed by atoms with Gasteiger partial charge in [-0.25, -0.2) is 9.37 Å². The fourth-order valence-electron chi connectivity index (χ4n) is 3.84. The van der Waals surface area contributed by atoms with E-state index in [1.807, 2.05) is 0 Å². The van der Waals surface area contributed by atoms with Crippen LogP contribution < -0.4 is 14.8 Å². The molecule has 1 N–H and O–H groups in total. The number of methoxy groups -OCH3 is 2. The summed E-state index contributed by atoms with van der Waals surface area (Å²) in [6.45, 7) is 1.91. The number of anilines is 1. The van der Waals surface area contributed by atoms with Crippen LogP contribution in [0.15, 0.2) is 48.7 Å². The quantitative estimate of drug-likeness (QED) is 0.253. The molecule has 2 heterocycles. The first-order valence-electron chi connectivity index (χ1n) is 10.4. The number of pyridine rings is 1. The molecule has 0 atom stereocenters. The van der Waals surface area contributed by atoms with E-state index in [1.54, 1.807) is 29.7 Å². The lowest BCUT2D eigenvalue weighted by Gasteiger charge is -2.11. The van der Waals surface area contributed by atoms with Crippen molar-refractivity contribution in [2.45, 2.75) is 13.5 Å². The molecule has 0 aliphatic carbocycles. The third kappa shape index (κ3) is 4.80. The van der Waals surface area contributed by atoms with E-state index in [1.165, 1.54) is 44.7 Å². The van der Waals surface area contributed by atoms with Crippen LogP contribution in [0.4, 0.5) is 10.1 Å². The maximum absolute atomic E-state index is 14.7. The molecular weight excluding hydrogens is 496 g/mol. The number of benzene rings is 2. The van der Waals surface area contributed by atoms with Crippen LogP contribution in [0.1, 0.15) is 21.6 Å². The third-order valence-electron chi connectivity index (χ3n) is 5.58. The van der Waals surface area contributed by atoms with E-state index in [9.17, 15) is 14.0 Å². The van der Waals surface area contributed by atoms with Crippen LogP contribution in [0.25, 0.3) is 10.9 Å². The second-order valence-corrected chi connectivity index (χ2v) is 8.50. The number of halogens is 3. The lowest BCUT2D eigenvalue weighted by atomic mass is 10.1. The molecule has 7 nitrogen and oxygen atoms in total. The second-order valence-electron chi connectivity index (χ2n) is 7.66. The van der Waals surface area contributed by atoms with Gasteiger partial charge in [-0.15, -0.1) is 0 Å². The molecule has 0 aliphatic rings. The van der Waals surface area contributed by atoms with Gasteiger partial charge in [-0.3, -0.25) is 9.59 Å². The number of hydrogen-bond acceptors (Lipinski definition) is 5. The highest BCUT2D eigenvalue weighted by atomic mass is 35.5. The molecule has 2 aromatic carbocycles. The largest absolute Gasteiger partial charge is 0.494 e. The molecule has 10 heteroatoms. The van der Waals surface area contributed by atoms with Crippen LogP contribution >= 0.6 is 23.2 Å². The van der Waals surface area contributed by atoms with E-state index in [4.69, 9.17) is 32.7 Å². The van der Waals surface area contributed by atoms with Crippen LogP contribution in [-0.4, -0.2) is 35.5 Å². The Morgan fingerprint density at radius 1 is 1.09 bits per heavy atom. The van der Waals surface area contributed by atoms with Crippen LogP contribution in [0.2, 0.25) is 10.0 Å². The molecule has 0 bridgehead atoms. The van der Waals surface area contributed by atoms with Gasteiger partial charge in [-0.2, -0.15) is 0 Å². The van der Waals surface area contributed by atoms with E-state index in [0.29, 0.717) is 37.9 Å². The molecule has 0 fully saturated rings. The number of nitrogens with zero attached hydrogens (tertiary/aromatic N) is 2. The number of ether oxygens (including phenoxy) is 2. The Hall–Kier alpha value is -3.62. The molecule has 0 unspecified atom stereocenters. The second kappa shape index (κ2) is 9.93. The van der Waals surface area contributed by atoms with Gasteiger partial charge < -0.3 is 19.4 Å². The molecule has 1 amide bonds. The minimum atomic E-state index is -0.867. The highest BCUT2D eigenvalue weighted by Crippen LogP contribution is 2.34. The van der Waals surface area contributed by atoms with Crippen molar-refractivity contribution in [2.24, 2.45) is 0 Å². The maximum Gasteiger partial charge on any atom is 0.296 e. The van der Waals surface area contributed by atoms with Gasteiger partial charge in [0.25, 0.3) is 11.7 Å². The number of hydrogen-bond donors (Lipinski definition) is 1. The van der Waals surface area contributed by atoms with E-state index >= 15 is 0 Å². The Kier molecular flexibility index (Phi) is 6.95. The van der Waals surface area contributed by atoms with Gasteiger partial charge in [-0.1, -0.05) is 29.3 Å². The molecule has 0 radical (unpaired) electrons. The molecule has 4 aromatic rings. The van der Waals surface area contributed by atoms with E-state index in [2.05, 4.69) is 10.3 Å². The third-order valence-corrected chi connectivity index (χ3v) is 6.16. The summed E-state index contributed by atoms with van der Waals surface area (Å²) < 4.78 is 26.6. The van der Waals surface area contributed by atoms with E-state index in [-0.39, 0.29) is 23.7 Å². The summed E-state index contributed by atoms with van der Waals surface area (Å²) in [4.78, 5) is 30.2. The predicted molar refractivity (Wildman–Crippen MR) is 132 cm³/mol. The summed E-state index contributed by atoms with van der Waals surface area (Å²) in [5.74, 6) is -2.03. The summed E-state index contributed by atoms with van der Waals surface area (Å²) >= 11 is 12.4. The first-order chi connectivity index (χ1) is 16.7. The van der Waals surface area contributed by atoms with E-state index < -0.39 is 17.5 Å². The molecule has 180 valence electrons. The molecule has 2 aromatic heterocycles. The van der Waals surface area contributed by atoms with Crippen LogP contribution in [-0.2, 0) is 11.3 Å². The SMILES string of the molecule is COc1cc(NC(=O)C(=O)c2c(C)n(Cc3ccc(Cl)cc3Cl)c3cc(F)c(OC)cc23)ccn1. The normalized spacial score (nSPS) is 10.9. The van der Waals surface area contributed by atoms with Gasteiger partial charge in [0.15, 0.2) is 11.6 Å². The first-order valence-corrected chi connectivity index (χ1v) is 11.1. The summed E-state index contributed by atoms with van der Waals surface area (Å²) in [7, 11) is 2.77. The number of ketones is 1. The van der Waals surface area contributed by atoms with Crippen LogP contribution in [0.5, 0.6) is 11.6 Å². The lowest BCUT2D eigenvalue weighted by Crippen LogP contribution is -2.23. The smallest absolute Gasteiger partial charge is 0.296 e. The number of aromatic nitrogens is 2. The molecule has 0 aliphatic heterocycles. The molecular formula is C25H20Cl2FN3O4. The van der Waals surface area contributed by atoms with Crippen molar-refractivity contribution in [3.8, 4) is 11.6 Å². The zero-order valence-electron chi connectivity index (χ0n) is 19.0. The summed E-state index contributed by atoms with van der Waals surface area (Å²) in [5, 5.41) is 3.83.